The van der Waals surface area contributed by atoms with Crippen molar-refractivity contribution in [1.29, 1.82) is 0 Å². The zero-order valence-electron chi connectivity index (χ0n) is 9.01. The number of nitrogens with zero attached hydrogens (tertiary/aromatic N) is 1. The van der Waals surface area contributed by atoms with Crippen LogP contribution in [0.5, 0.6) is 0 Å². The number of hydrogen-bond donors (Lipinski definition) is 4. The monoisotopic (exact) mass is 256 g/mol. The number of aromatic amines is 3. The summed E-state index contributed by atoms with van der Waals surface area (Å²) >= 11 is 0. The third-order valence-corrected chi connectivity index (χ3v) is 2.06. The molecule has 1 unspecified atom stereocenters. The molecule has 0 aromatic carbocycles. The zero-order valence-corrected chi connectivity index (χ0v) is 9.01. The van der Waals surface area contributed by atoms with Crippen LogP contribution in [-0.2, 0) is 4.79 Å². The van der Waals surface area contributed by atoms with Gasteiger partial charge in [0.2, 0.25) is 0 Å². The quantitative estimate of drug-likeness (QED) is 0.451. The van der Waals surface area contributed by atoms with Crippen molar-refractivity contribution >= 4 is 17.1 Å². The number of carbonyl (C=O) groups excluding carboxylic acids is 1. The van der Waals surface area contributed by atoms with E-state index in [-0.39, 0.29) is 15.9 Å². The molecule has 0 saturated heterocycles. The van der Waals surface area contributed by atoms with Gasteiger partial charge < -0.3 is 9.94 Å². The van der Waals surface area contributed by atoms with Crippen LogP contribution in [0.1, 0.15) is 6.92 Å². The maximum absolute atomic E-state index is 11.7. The molecular weight excluding hydrogens is 248 g/mol. The molecular formula is C8H8N4O6. The highest BCUT2D eigenvalue weighted by molar-refractivity contribution is 5.74. The number of fused-ring (bicyclic) bond motifs is 1. The molecule has 2 aromatic heterocycles. The van der Waals surface area contributed by atoms with Crippen LogP contribution in [0.3, 0.4) is 0 Å². The molecule has 0 aliphatic heterocycles. The fraction of sp³-hybridized carbons (Fsp3) is 0.250. The van der Waals surface area contributed by atoms with Crippen molar-refractivity contribution in [1.82, 2.24) is 19.7 Å². The predicted molar refractivity (Wildman–Crippen MR) is 57.1 cm³/mol. The number of nitrogens with one attached hydrogen (secondary N) is 3. The summed E-state index contributed by atoms with van der Waals surface area (Å²) < 4.78 is 0.112. The first kappa shape index (κ1) is 11.9. The van der Waals surface area contributed by atoms with E-state index in [1.54, 1.807) is 0 Å². The van der Waals surface area contributed by atoms with Gasteiger partial charge in [0, 0.05) is 0 Å². The van der Waals surface area contributed by atoms with Gasteiger partial charge in [-0.25, -0.2) is 14.4 Å². The first-order chi connectivity index (χ1) is 8.40. The fourth-order valence-electron chi connectivity index (χ4n) is 1.24. The average molecular weight is 256 g/mol. The van der Waals surface area contributed by atoms with Crippen molar-refractivity contribution in [2.45, 2.75) is 13.0 Å². The topological polar surface area (TPSA) is 150 Å². The van der Waals surface area contributed by atoms with E-state index in [0.717, 1.165) is 6.92 Å². The Kier molecular flexibility index (Phi) is 2.63. The Morgan fingerprint density at radius 2 is 1.94 bits per heavy atom. The number of rotatable bonds is 2. The smallest absolute Gasteiger partial charge is 0.364 e. The number of H-pyrrole nitrogens is 3. The van der Waals surface area contributed by atoms with E-state index in [9.17, 15) is 19.2 Å². The molecule has 0 bridgehead atoms. The summed E-state index contributed by atoms with van der Waals surface area (Å²) in [5.74, 6) is -1.18. The highest BCUT2D eigenvalue weighted by atomic mass is 16.7. The number of hydrogen-bond acceptors (Lipinski definition) is 6. The van der Waals surface area contributed by atoms with E-state index < -0.39 is 29.0 Å². The van der Waals surface area contributed by atoms with Gasteiger partial charge in [-0.15, -0.1) is 0 Å². The van der Waals surface area contributed by atoms with E-state index >= 15 is 0 Å². The number of carbonyl (C=O) groups is 1. The summed E-state index contributed by atoms with van der Waals surface area (Å²) in [4.78, 5) is 56.0. The van der Waals surface area contributed by atoms with Crippen LogP contribution < -0.4 is 21.8 Å². The lowest BCUT2D eigenvalue weighted by molar-refractivity contribution is -0.154. The lowest BCUT2D eigenvalue weighted by atomic mass is 10.4. The third kappa shape index (κ3) is 1.84. The minimum absolute atomic E-state index is 0.112. The summed E-state index contributed by atoms with van der Waals surface area (Å²) in [6, 6.07) is 0. The number of imidazole rings is 1. The van der Waals surface area contributed by atoms with Crippen LogP contribution in [0.4, 0.5) is 0 Å². The molecule has 0 aliphatic rings. The molecule has 2 aromatic rings. The second kappa shape index (κ2) is 4.00. The van der Waals surface area contributed by atoms with Crippen LogP contribution in [-0.4, -0.2) is 36.9 Å². The van der Waals surface area contributed by atoms with Gasteiger partial charge in [-0.3, -0.25) is 19.7 Å². The SMILES string of the molecule is CC(O)C(=O)On1c(=O)[nH]c2[nH]c(=O)[nH]c2c1=O. The van der Waals surface area contributed by atoms with Crippen molar-refractivity contribution in [2.75, 3.05) is 0 Å². The summed E-state index contributed by atoms with van der Waals surface area (Å²) in [6.07, 6.45) is -1.50. The summed E-state index contributed by atoms with van der Waals surface area (Å²) in [5, 5.41) is 8.92. The minimum Gasteiger partial charge on any atom is -0.382 e. The van der Waals surface area contributed by atoms with Gasteiger partial charge in [-0.05, 0) is 6.92 Å². The molecule has 1 atom stereocenters. The van der Waals surface area contributed by atoms with Crippen LogP contribution in [0.2, 0.25) is 0 Å². The molecule has 0 amide bonds. The van der Waals surface area contributed by atoms with Crippen LogP contribution in [0.15, 0.2) is 14.4 Å². The van der Waals surface area contributed by atoms with Crippen LogP contribution >= 0.6 is 0 Å². The first-order valence-corrected chi connectivity index (χ1v) is 4.77. The number of aromatic nitrogens is 4. The highest BCUT2D eigenvalue weighted by Crippen LogP contribution is 1.91. The fourth-order valence-corrected chi connectivity index (χ4v) is 1.24. The molecule has 96 valence electrons. The van der Waals surface area contributed by atoms with E-state index in [4.69, 9.17) is 5.11 Å². The van der Waals surface area contributed by atoms with Gasteiger partial charge in [0.15, 0.2) is 11.6 Å². The lowest BCUT2D eigenvalue weighted by Gasteiger charge is -2.05. The molecule has 10 heteroatoms. The summed E-state index contributed by atoms with van der Waals surface area (Å²) in [5.41, 5.74) is -3.15. The van der Waals surface area contributed by atoms with Crippen molar-refractivity contribution < 1.29 is 14.7 Å². The van der Waals surface area contributed by atoms with Crippen LogP contribution in [0, 0.1) is 0 Å². The van der Waals surface area contributed by atoms with Crippen LogP contribution in [0.25, 0.3) is 11.2 Å². The largest absolute Gasteiger partial charge is 0.382 e. The predicted octanol–water partition coefficient (Wildman–Crippen LogP) is -2.96. The lowest BCUT2D eigenvalue weighted by Crippen LogP contribution is -2.44. The molecule has 2 rings (SSSR count). The standard InChI is InChI=1S/C8H8N4O6/c1-2(13)6(15)18-12-5(14)3-4(11-8(12)17)10-7(16)9-3/h2,13H,1H3,(H,11,17)(H2,9,10,16). The second-order valence-corrected chi connectivity index (χ2v) is 3.45. The van der Waals surface area contributed by atoms with E-state index in [2.05, 4.69) is 19.8 Å². The Bertz CT molecular complexity index is 775. The molecule has 2 heterocycles. The zero-order chi connectivity index (χ0) is 13.4. The highest BCUT2D eigenvalue weighted by Gasteiger charge is 2.17. The molecule has 18 heavy (non-hydrogen) atoms. The van der Waals surface area contributed by atoms with Gasteiger partial charge >= 0.3 is 22.9 Å². The van der Waals surface area contributed by atoms with Crippen molar-refractivity contribution in [3.05, 3.63) is 31.3 Å². The molecule has 10 nitrogen and oxygen atoms in total. The number of aliphatic hydroxyl groups excluding tert-OH is 1. The summed E-state index contributed by atoms with van der Waals surface area (Å²) in [6.45, 7) is 1.11. The van der Waals surface area contributed by atoms with Gasteiger partial charge in [0.1, 0.15) is 5.65 Å². The van der Waals surface area contributed by atoms with Crippen molar-refractivity contribution in [3.8, 4) is 0 Å². The van der Waals surface area contributed by atoms with E-state index in [1.165, 1.54) is 0 Å². The molecule has 0 aliphatic carbocycles. The van der Waals surface area contributed by atoms with E-state index in [1.807, 2.05) is 0 Å². The normalized spacial score (nSPS) is 12.6. The molecule has 4 N–H and O–H groups in total. The molecule has 0 radical (unpaired) electrons. The van der Waals surface area contributed by atoms with Crippen molar-refractivity contribution in [3.63, 3.8) is 0 Å². The summed E-state index contributed by atoms with van der Waals surface area (Å²) in [7, 11) is 0. The maximum atomic E-state index is 11.7. The van der Waals surface area contributed by atoms with Gasteiger partial charge in [-0.2, -0.15) is 0 Å². The molecule has 0 fully saturated rings. The van der Waals surface area contributed by atoms with Gasteiger partial charge in [0.05, 0.1) is 0 Å². The second-order valence-electron chi connectivity index (χ2n) is 3.45. The Hall–Kier alpha value is -2.62. The number of aliphatic hydroxyl groups is 1. The molecule has 0 spiro atoms. The Labute approximate surface area is 96.8 Å². The average Bonchev–Trinajstić information content (AvgIpc) is 2.64. The third-order valence-electron chi connectivity index (χ3n) is 2.06. The first-order valence-electron chi connectivity index (χ1n) is 4.77. The van der Waals surface area contributed by atoms with Gasteiger partial charge in [-0.1, -0.05) is 4.73 Å². The van der Waals surface area contributed by atoms with Crippen molar-refractivity contribution in [2.24, 2.45) is 0 Å². The minimum atomic E-state index is -1.50. The Balaban J connectivity index is 2.65. The van der Waals surface area contributed by atoms with Gasteiger partial charge in [0.25, 0.3) is 0 Å². The Morgan fingerprint density at radius 3 is 2.56 bits per heavy atom. The Morgan fingerprint density at radius 1 is 1.28 bits per heavy atom. The van der Waals surface area contributed by atoms with E-state index in [0.29, 0.717) is 0 Å². The maximum Gasteiger partial charge on any atom is 0.364 e. The molecule has 0 saturated carbocycles.